The predicted molar refractivity (Wildman–Crippen MR) is 39.3 cm³/mol. The summed E-state index contributed by atoms with van der Waals surface area (Å²) in [5, 5.41) is 0. The van der Waals surface area contributed by atoms with E-state index >= 15 is 0 Å². The van der Waals surface area contributed by atoms with Crippen molar-refractivity contribution in [2.24, 2.45) is 11.8 Å². The van der Waals surface area contributed by atoms with E-state index in [4.69, 9.17) is 0 Å². The number of halogens is 2. The third kappa shape index (κ3) is 1.31. The van der Waals surface area contributed by atoms with Crippen LogP contribution in [-0.4, -0.2) is 0 Å². The van der Waals surface area contributed by atoms with Crippen molar-refractivity contribution in [3.05, 3.63) is 11.7 Å². The first-order valence-corrected chi connectivity index (χ1v) is 4.33. The molecule has 2 aliphatic rings. The molecule has 1 saturated carbocycles. The van der Waals surface area contributed by atoms with Gasteiger partial charge >= 0.3 is 0 Å². The van der Waals surface area contributed by atoms with Crippen molar-refractivity contribution < 1.29 is 8.78 Å². The lowest BCUT2D eigenvalue weighted by molar-refractivity contribution is 0.326. The summed E-state index contributed by atoms with van der Waals surface area (Å²) in [5.74, 6) is -0.489. The quantitative estimate of drug-likeness (QED) is 0.549. The minimum Gasteiger partial charge on any atom is -0.209 e. The van der Waals surface area contributed by atoms with Crippen LogP contribution in [0.4, 0.5) is 8.78 Å². The number of allylic oxidation sites excluding steroid dienone is 2. The first-order valence-electron chi connectivity index (χ1n) is 4.33. The molecule has 0 spiro atoms. The highest BCUT2D eigenvalue weighted by Crippen LogP contribution is 2.46. The van der Waals surface area contributed by atoms with Gasteiger partial charge in [-0.3, -0.25) is 0 Å². The summed E-state index contributed by atoms with van der Waals surface area (Å²) >= 11 is 0. The Kier molecular flexibility index (Phi) is 1.70. The Bertz CT molecular complexity index is 192. The zero-order valence-corrected chi connectivity index (χ0v) is 6.45. The number of rotatable bonds is 1. The highest BCUT2D eigenvalue weighted by atomic mass is 19.2. The van der Waals surface area contributed by atoms with Crippen LogP contribution in [0.15, 0.2) is 11.7 Å². The monoisotopic (exact) mass is 158 g/mol. The molecule has 0 aromatic rings. The SMILES string of the molecule is FC1=C(F)C(C2CC2)CCC1. The fraction of sp³-hybridized carbons (Fsp3) is 0.778. The Labute approximate surface area is 65.3 Å². The van der Waals surface area contributed by atoms with E-state index in [2.05, 4.69) is 0 Å². The zero-order valence-electron chi connectivity index (χ0n) is 6.45. The van der Waals surface area contributed by atoms with Gasteiger partial charge in [-0.05, 0) is 31.6 Å². The van der Waals surface area contributed by atoms with Crippen molar-refractivity contribution in [1.82, 2.24) is 0 Å². The molecule has 0 nitrogen and oxygen atoms in total. The van der Waals surface area contributed by atoms with Crippen LogP contribution >= 0.6 is 0 Å². The van der Waals surface area contributed by atoms with E-state index in [0.29, 0.717) is 12.3 Å². The van der Waals surface area contributed by atoms with Gasteiger partial charge in [0.1, 0.15) is 11.7 Å². The third-order valence-corrected chi connectivity index (χ3v) is 2.69. The summed E-state index contributed by atoms with van der Waals surface area (Å²) < 4.78 is 25.8. The maximum atomic E-state index is 13.0. The van der Waals surface area contributed by atoms with Gasteiger partial charge in [-0.15, -0.1) is 0 Å². The molecule has 0 radical (unpaired) electrons. The molecule has 62 valence electrons. The minimum atomic E-state index is -0.479. The van der Waals surface area contributed by atoms with Gasteiger partial charge in [0.2, 0.25) is 0 Å². The Hall–Kier alpha value is -0.400. The molecule has 1 unspecified atom stereocenters. The number of hydrogen-bond acceptors (Lipinski definition) is 0. The van der Waals surface area contributed by atoms with E-state index in [1.54, 1.807) is 0 Å². The van der Waals surface area contributed by atoms with Crippen LogP contribution < -0.4 is 0 Å². The van der Waals surface area contributed by atoms with Crippen molar-refractivity contribution in [3.8, 4) is 0 Å². The third-order valence-electron chi connectivity index (χ3n) is 2.69. The van der Waals surface area contributed by atoms with Crippen LogP contribution in [0.3, 0.4) is 0 Å². The summed E-state index contributed by atoms with van der Waals surface area (Å²) in [4.78, 5) is 0. The molecular formula is C9H12F2. The molecule has 1 fully saturated rings. The van der Waals surface area contributed by atoms with Crippen molar-refractivity contribution in [2.45, 2.75) is 32.1 Å². The maximum Gasteiger partial charge on any atom is 0.135 e. The Balaban J connectivity index is 2.13. The van der Waals surface area contributed by atoms with Gasteiger partial charge in [0.05, 0.1) is 0 Å². The summed E-state index contributed by atoms with van der Waals surface area (Å²) in [7, 11) is 0. The summed E-state index contributed by atoms with van der Waals surface area (Å²) in [6.45, 7) is 0. The van der Waals surface area contributed by atoms with Gasteiger partial charge in [0.15, 0.2) is 0 Å². The normalized spacial score (nSPS) is 32.7. The first kappa shape index (κ1) is 7.26. The molecule has 0 N–H and O–H groups in total. The lowest BCUT2D eigenvalue weighted by atomic mass is 9.90. The van der Waals surface area contributed by atoms with Crippen LogP contribution in [0.2, 0.25) is 0 Å². The second kappa shape index (κ2) is 2.58. The molecule has 1 atom stereocenters. The lowest BCUT2D eigenvalue weighted by Gasteiger charge is -2.19. The van der Waals surface area contributed by atoms with Crippen LogP contribution in [-0.2, 0) is 0 Å². The Morgan fingerprint density at radius 2 is 1.82 bits per heavy atom. The first-order chi connectivity index (χ1) is 5.29. The fourth-order valence-corrected chi connectivity index (χ4v) is 1.87. The Morgan fingerprint density at radius 3 is 2.45 bits per heavy atom. The summed E-state index contributed by atoms with van der Waals surface area (Å²) in [6.07, 6.45) is 4.23. The van der Waals surface area contributed by atoms with E-state index in [9.17, 15) is 8.78 Å². The molecule has 11 heavy (non-hydrogen) atoms. The van der Waals surface area contributed by atoms with Crippen molar-refractivity contribution in [3.63, 3.8) is 0 Å². The average molecular weight is 158 g/mol. The second-order valence-corrected chi connectivity index (χ2v) is 3.59. The second-order valence-electron chi connectivity index (χ2n) is 3.59. The minimum absolute atomic E-state index is 0.0521. The van der Waals surface area contributed by atoms with Crippen molar-refractivity contribution in [2.75, 3.05) is 0 Å². The molecule has 2 rings (SSSR count). The molecule has 0 aliphatic heterocycles. The molecule has 0 saturated heterocycles. The predicted octanol–water partition coefficient (Wildman–Crippen LogP) is 3.35. The highest BCUT2D eigenvalue weighted by molar-refractivity contribution is 5.11. The van der Waals surface area contributed by atoms with E-state index in [0.717, 1.165) is 25.7 Å². The molecule has 0 bridgehead atoms. The van der Waals surface area contributed by atoms with E-state index in [1.807, 2.05) is 0 Å². The molecule has 0 amide bonds. The van der Waals surface area contributed by atoms with Gasteiger partial charge < -0.3 is 0 Å². The summed E-state index contributed by atoms with van der Waals surface area (Å²) in [6, 6.07) is 0. The molecule has 0 heterocycles. The lowest BCUT2D eigenvalue weighted by Crippen LogP contribution is -2.09. The molecule has 2 aliphatic carbocycles. The van der Waals surface area contributed by atoms with Gasteiger partial charge in [-0.2, -0.15) is 0 Å². The molecular weight excluding hydrogens is 146 g/mol. The van der Waals surface area contributed by atoms with Crippen LogP contribution in [0.1, 0.15) is 32.1 Å². The fourth-order valence-electron chi connectivity index (χ4n) is 1.87. The van der Waals surface area contributed by atoms with Gasteiger partial charge in [-0.25, -0.2) is 8.78 Å². The zero-order chi connectivity index (χ0) is 7.84. The van der Waals surface area contributed by atoms with Crippen LogP contribution in [0.5, 0.6) is 0 Å². The molecule has 0 aromatic carbocycles. The van der Waals surface area contributed by atoms with Crippen molar-refractivity contribution >= 4 is 0 Å². The standard InChI is InChI=1S/C9H12F2/c10-8-3-1-2-7(9(8)11)6-4-5-6/h6-7H,1-5H2. The maximum absolute atomic E-state index is 13.0. The topological polar surface area (TPSA) is 0 Å². The van der Waals surface area contributed by atoms with E-state index in [1.165, 1.54) is 0 Å². The average Bonchev–Trinajstić information content (AvgIpc) is 2.77. The van der Waals surface area contributed by atoms with E-state index in [-0.39, 0.29) is 5.92 Å². The highest BCUT2D eigenvalue weighted by Gasteiger charge is 2.36. The molecule has 2 heteroatoms. The van der Waals surface area contributed by atoms with Crippen LogP contribution in [0, 0.1) is 11.8 Å². The van der Waals surface area contributed by atoms with Crippen molar-refractivity contribution in [1.29, 1.82) is 0 Å². The smallest absolute Gasteiger partial charge is 0.135 e. The Morgan fingerprint density at radius 1 is 1.09 bits per heavy atom. The molecule has 0 aromatic heterocycles. The van der Waals surface area contributed by atoms with Crippen LogP contribution in [0.25, 0.3) is 0 Å². The largest absolute Gasteiger partial charge is 0.209 e. The number of hydrogen-bond donors (Lipinski definition) is 0. The van der Waals surface area contributed by atoms with Gasteiger partial charge in [-0.1, -0.05) is 0 Å². The summed E-state index contributed by atoms with van der Waals surface area (Å²) in [5.41, 5.74) is 0. The van der Waals surface area contributed by atoms with E-state index < -0.39 is 11.7 Å². The van der Waals surface area contributed by atoms with Gasteiger partial charge in [0.25, 0.3) is 0 Å². The van der Waals surface area contributed by atoms with Gasteiger partial charge in [0, 0.05) is 12.3 Å².